The predicted octanol–water partition coefficient (Wildman–Crippen LogP) is 1.48. The summed E-state index contributed by atoms with van der Waals surface area (Å²) in [7, 11) is 0. The Kier molecular flexibility index (Phi) is 4.11. The fourth-order valence-electron chi connectivity index (χ4n) is 1.06. The van der Waals surface area contributed by atoms with Crippen LogP contribution in [0.4, 0.5) is 5.00 Å². The summed E-state index contributed by atoms with van der Waals surface area (Å²) in [6.07, 6.45) is -0.0854. The van der Waals surface area contributed by atoms with Crippen LogP contribution in [-0.4, -0.2) is 28.2 Å². The molecule has 1 aromatic heterocycles. The van der Waals surface area contributed by atoms with Crippen LogP contribution in [0, 0.1) is 0 Å². The van der Waals surface area contributed by atoms with Crippen LogP contribution >= 0.6 is 11.3 Å². The van der Waals surface area contributed by atoms with E-state index in [1.165, 1.54) is 11.3 Å². The Morgan fingerprint density at radius 2 is 2.20 bits per heavy atom. The first-order valence-electron chi connectivity index (χ1n) is 4.34. The number of hydrogen-bond acceptors (Lipinski definition) is 4. The molecule has 0 saturated heterocycles. The molecule has 0 bridgehead atoms. The van der Waals surface area contributed by atoms with Crippen LogP contribution in [0.5, 0.6) is 0 Å². The number of thiophene rings is 1. The molecule has 0 aromatic carbocycles. The molecule has 0 aliphatic rings. The van der Waals surface area contributed by atoms with Gasteiger partial charge in [-0.1, -0.05) is 0 Å². The highest BCUT2D eigenvalue weighted by Crippen LogP contribution is 2.17. The van der Waals surface area contributed by atoms with Gasteiger partial charge in [0.2, 0.25) is 0 Å². The molecule has 0 aliphatic heterocycles. The molecule has 15 heavy (non-hydrogen) atoms. The third-order valence-electron chi connectivity index (χ3n) is 1.78. The molecule has 0 amide bonds. The SMILES string of the molecule is O=C(O)CC[C@H](Nc1cccs1)C(=O)O. The first-order chi connectivity index (χ1) is 7.09. The molecule has 0 aliphatic carbocycles. The zero-order valence-electron chi connectivity index (χ0n) is 7.84. The molecule has 0 unspecified atom stereocenters. The van der Waals surface area contributed by atoms with Gasteiger partial charge in [0, 0.05) is 6.42 Å². The second-order valence-electron chi connectivity index (χ2n) is 2.94. The maximum Gasteiger partial charge on any atom is 0.326 e. The summed E-state index contributed by atoms with van der Waals surface area (Å²) in [6, 6.07) is 2.70. The fourth-order valence-corrected chi connectivity index (χ4v) is 1.73. The van der Waals surface area contributed by atoms with E-state index in [-0.39, 0.29) is 12.8 Å². The first-order valence-corrected chi connectivity index (χ1v) is 5.22. The second kappa shape index (κ2) is 5.35. The van der Waals surface area contributed by atoms with Gasteiger partial charge in [0.1, 0.15) is 6.04 Å². The topological polar surface area (TPSA) is 86.6 Å². The molecule has 0 saturated carbocycles. The first kappa shape index (κ1) is 11.5. The van der Waals surface area contributed by atoms with Crippen LogP contribution in [0.15, 0.2) is 17.5 Å². The smallest absolute Gasteiger partial charge is 0.326 e. The van der Waals surface area contributed by atoms with E-state index in [1.54, 1.807) is 12.1 Å². The summed E-state index contributed by atoms with van der Waals surface area (Å²) in [5.74, 6) is -2.03. The Balaban J connectivity index is 2.51. The maximum atomic E-state index is 10.8. The van der Waals surface area contributed by atoms with E-state index >= 15 is 0 Å². The Labute approximate surface area is 90.4 Å². The second-order valence-corrected chi connectivity index (χ2v) is 3.89. The molecule has 0 spiro atoms. The average molecular weight is 229 g/mol. The number of carbonyl (C=O) groups is 2. The van der Waals surface area contributed by atoms with Crippen molar-refractivity contribution in [2.24, 2.45) is 0 Å². The number of anilines is 1. The van der Waals surface area contributed by atoms with Gasteiger partial charge in [-0.05, 0) is 23.9 Å². The Bertz CT molecular complexity index is 336. The molecule has 0 radical (unpaired) electrons. The van der Waals surface area contributed by atoms with Gasteiger partial charge in [0.25, 0.3) is 0 Å². The van der Waals surface area contributed by atoms with E-state index in [0.29, 0.717) is 0 Å². The zero-order chi connectivity index (χ0) is 11.3. The quantitative estimate of drug-likeness (QED) is 0.687. The van der Waals surface area contributed by atoms with Crippen molar-refractivity contribution in [3.05, 3.63) is 17.5 Å². The normalized spacial score (nSPS) is 12.0. The summed E-state index contributed by atoms with van der Waals surface area (Å²) in [5, 5.41) is 22.6. The summed E-state index contributed by atoms with van der Waals surface area (Å²) in [5.41, 5.74) is 0. The lowest BCUT2D eigenvalue weighted by molar-refractivity contribution is -0.139. The molecule has 1 aromatic rings. The number of hydrogen-bond donors (Lipinski definition) is 3. The van der Waals surface area contributed by atoms with Crippen molar-refractivity contribution < 1.29 is 19.8 Å². The number of carboxylic acids is 2. The van der Waals surface area contributed by atoms with Gasteiger partial charge in [-0.3, -0.25) is 4.79 Å². The fraction of sp³-hybridized carbons (Fsp3) is 0.333. The molecule has 5 nitrogen and oxygen atoms in total. The molecular formula is C9H11NO4S. The third kappa shape index (κ3) is 3.99. The highest BCUT2D eigenvalue weighted by atomic mass is 32.1. The number of nitrogens with one attached hydrogen (secondary N) is 1. The lowest BCUT2D eigenvalue weighted by Gasteiger charge is -2.12. The van der Waals surface area contributed by atoms with Crippen molar-refractivity contribution in [1.82, 2.24) is 0 Å². The van der Waals surface area contributed by atoms with Crippen LogP contribution in [0.25, 0.3) is 0 Å². The van der Waals surface area contributed by atoms with Crippen molar-refractivity contribution >= 4 is 28.3 Å². The molecular weight excluding hydrogens is 218 g/mol. The maximum absolute atomic E-state index is 10.8. The lowest BCUT2D eigenvalue weighted by atomic mass is 10.1. The van der Waals surface area contributed by atoms with Gasteiger partial charge < -0.3 is 15.5 Å². The highest BCUT2D eigenvalue weighted by Gasteiger charge is 2.18. The Hall–Kier alpha value is -1.56. The van der Waals surface area contributed by atoms with Gasteiger partial charge in [-0.2, -0.15) is 0 Å². The van der Waals surface area contributed by atoms with E-state index in [9.17, 15) is 9.59 Å². The lowest BCUT2D eigenvalue weighted by Crippen LogP contribution is -2.29. The largest absolute Gasteiger partial charge is 0.481 e. The molecule has 6 heteroatoms. The minimum atomic E-state index is -1.04. The number of aliphatic carboxylic acids is 2. The Morgan fingerprint density at radius 1 is 1.47 bits per heavy atom. The van der Waals surface area contributed by atoms with Crippen LogP contribution in [0.2, 0.25) is 0 Å². The summed E-state index contributed by atoms with van der Waals surface area (Å²) in [4.78, 5) is 21.1. The molecule has 82 valence electrons. The zero-order valence-corrected chi connectivity index (χ0v) is 8.66. The molecule has 1 atom stereocenters. The minimum absolute atomic E-state index is 0.0720. The van der Waals surface area contributed by atoms with Crippen LogP contribution in [-0.2, 0) is 9.59 Å². The summed E-state index contributed by atoms with van der Waals surface area (Å²) in [6.45, 7) is 0. The van der Waals surface area contributed by atoms with Crippen molar-refractivity contribution in [3.63, 3.8) is 0 Å². The van der Waals surface area contributed by atoms with Crippen LogP contribution in [0.1, 0.15) is 12.8 Å². The van der Waals surface area contributed by atoms with E-state index < -0.39 is 18.0 Å². The van der Waals surface area contributed by atoms with Gasteiger partial charge in [-0.25, -0.2) is 4.79 Å². The molecule has 1 heterocycles. The number of rotatable bonds is 6. The summed E-state index contributed by atoms with van der Waals surface area (Å²) < 4.78 is 0. The van der Waals surface area contributed by atoms with Crippen LogP contribution < -0.4 is 5.32 Å². The van der Waals surface area contributed by atoms with E-state index in [0.717, 1.165) is 5.00 Å². The molecule has 1 rings (SSSR count). The highest BCUT2D eigenvalue weighted by molar-refractivity contribution is 7.14. The monoisotopic (exact) mass is 229 g/mol. The Morgan fingerprint density at radius 3 is 2.67 bits per heavy atom. The molecule has 3 N–H and O–H groups in total. The standard InChI is InChI=1S/C9H11NO4S/c11-8(12)4-3-6(9(13)14)10-7-2-1-5-15-7/h1-2,5-6,10H,3-4H2,(H,11,12)(H,13,14)/t6-/m0/s1. The van der Waals surface area contributed by atoms with Gasteiger partial charge in [0.15, 0.2) is 0 Å². The molecule has 0 fully saturated rings. The van der Waals surface area contributed by atoms with E-state index in [2.05, 4.69) is 5.32 Å². The van der Waals surface area contributed by atoms with Gasteiger partial charge >= 0.3 is 11.9 Å². The average Bonchev–Trinajstić information content (AvgIpc) is 2.63. The van der Waals surface area contributed by atoms with Crippen molar-refractivity contribution in [2.75, 3.05) is 5.32 Å². The van der Waals surface area contributed by atoms with Crippen molar-refractivity contribution in [2.45, 2.75) is 18.9 Å². The van der Waals surface area contributed by atoms with E-state index in [4.69, 9.17) is 10.2 Å². The van der Waals surface area contributed by atoms with Crippen LogP contribution in [0.3, 0.4) is 0 Å². The number of carboxylic acid groups (broad SMARTS) is 2. The predicted molar refractivity (Wildman–Crippen MR) is 56.2 cm³/mol. The third-order valence-corrected chi connectivity index (χ3v) is 2.58. The van der Waals surface area contributed by atoms with Crippen molar-refractivity contribution in [1.29, 1.82) is 0 Å². The summed E-state index contributed by atoms with van der Waals surface area (Å²) >= 11 is 1.38. The van der Waals surface area contributed by atoms with Gasteiger partial charge in [0.05, 0.1) is 5.00 Å². The minimum Gasteiger partial charge on any atom is -0.481 e. The van der Waals surface area contributed by atoms with Crippen molar-refractivity contribution in [3.8, 4) is 0 Å². The van der Waals surface area contributed by atoms with Gasteiger partial charge in [-0.15, -0.1) is 11.3 Å². The van der Waals surface area contributed by atoms with E-state index in [1.807, 2.05) is 5.38 Å².